The first-order valence-electron chi connectivity index (χ1n) is 5.89. The minimum atomic E-state index is -0.974. The number of hydrogen-bond acceptors (Lipinski definition) is 3. The van der Waals surface area contributed by atoms with Crippen molar-refractivity contribution in [3.05, 3.63) is 0 Å². The molecule has 1 unspecified atom stereocenters. The fourth-order valence-electron chi connectivity index (χ4n) is 2.37. The van der Waals surface area contributed by atoms with Crippen LogP contribution in [0.5, 0.6) is 0 Å². The Bertz CT molecular complexity index is 286. The van der Waals surface area contributed by atoms with Gasteiger partial charge in [0.25, 0.3) is 0 Å². The summed E-state index contributed by atoms with van der Waals surface area (Å²) < 4.78 is 0. The first-order chi connectivity index (χ1) is 7.38. The fourth-order valence-corrected chi connectivity index (χ4v) is 2.37. The summed E-state index contributed by atoms with van der Waals surface area (Å²) in [5.41, 5.74) is -0.00607. The molecule has 4 nitrogen and oxygen atoms in total. The third kappa shape index (κ3) is 2.82. The molecule has 0 radical (unpaired) electrons. The van der Waals surface area contributed by atoms with Gasteiger partial charge in [0.1, 0.15) is 5.92 Å². The Morgan fingerprint density at radius 2 is 2.19 bits per heavy atom. The lowest BCUT2D eigenvalue weighted by Crippen LogP contribution is -2.52. The van der Waals surface area contributed by atoms with Crippen LogP contribution in [-0.2, 0) is 9.59 Å². The van der Waals surface area contributed by atoms with Crippen LogP contribution < -0.4 is 0 Å². The van der Waals surface area contributed by atoms with Crippen molar-refractivity contribution in [2.45, 2.75) is 45.6 Å². The molecule has 1 atom stereocenters. The fraction of sp³-hybridized carbons (Fsp3) is 0.833. The second-order valence-electron chi connectivity index (χ2n) is 5.13. The van der Waals surface area contributed by atoms with E-state index in [0.29, 0.717) is 13.0 Å². The van der Waals surface area contributed by atoms with E-state index in [4.69, 9.17) is 5.11 Å². The van der Waals surface area contributed by atoms with Crippen LogP contribution in [0.15, 0.2) is 0 Å². The van der Waals surface area contributed by atoms with Gasteiger partial charge in [0.05, 0.1) is 6.54 Å². The lowest BCUT2D eigenvalue weighted by molar-refractivity contribution is -0.149. The Morgan fingerprint density at radius 3 is 2.62 bits per heavy atom. The maximum atomic E-state index is 11.7. The van der Waals surface area contributed by atoms with Crippen LogP contribution in [0.25, 0.3) is 0 Å². The van der Waals surface area contributed by atoms with Crippen molar-refractivity contribution in [3.8, 4) is 0 Å². The average molecular weight is 227 g/mol. The third-order valence-corrected chi connectivity index (χ3v) is 3.44. The number of carbonyl (C=O) groups excluding carboxylic acids is 1. The second kappa shape index (κ2) is 4.95. The summed E-state index contributed by atoms with van der Waals surface area (Å²) in [5.74, 6) is -1.91. The summed E-state index contributed by atoms with van der Waals surface area (Å²) in [4.78, 5) is 24.6. The summed E-state index contributed by atoms with van der Waals surface area (Å²) in [6, 6.07) is 0. The molecule has 0 saturated carbocycles. The van der Waals surface area contributed by atoms with Crippen LogP contribution in [0, 0.1) is 5.92 Å². The SMILES string of the molecule is CCCC(C)(C)N1CCC(C(=O)O)C(=O)C1. The molecule has 0 aromatic carbocycles. The van der Waals surface area contributed by atoms with E-state index in [0.717, 1.165) is 12.8 Å². The van der Waals surface area contributed by atoms with Gasteiger partial charge in [-0.25, -0.2) is 0 Å². The van der Waals surface area contributed by atoms with Gasteiger partial charge in [0.2, 0.25) is 0 Å². The first-order valence-corrected chi connectivity index (χ1v) is 5.89. The highest BCUT2D eigenvalue weighted by molar-refractivity contribution is 5.99. The number of likely N-dealkylation sites (tertiary alicyclic amines) is 1. The molecule has 0 spiro atoms. The number of carbonyl (C=O) groups is 2. The van der Waals surface area contributed by atoms with Crippen molar-refractivity contribution in [3.63, 3.8) is 0 Å². The summed E-state index contributed by atoms with van der Waals surface area (Å²) in [7, 11) is 0. The Hall–Kier alpha value is -0.900. The van der Waals surface area contributed by atoms with Crippen molar-refractivity contribution in [2.75, 3.05) is 13.1 Å². The highest BCUT2D eigenvalue weighted by Crippen LogP contribution is 2.25. The minimum Gasteiger partial charge on any atom is -0.481 e. The van der Waals surface area contributed by atoms with E-state index in [1.807, 2.05) is 0 Å². The molecule has 0 aromatic rings. The van der Waals surface area contributed by atoms with Crippen LogP contribution in [0.2, 0.25) is 0 Å². The third-order valence-electron chi connectivity index (χ3n) is 3.44. The Balaban J connectivity index is 2.64. The van der Waals surface area contributed by atoms with Crippen LogP contribution in [-0.4, -0.2) is 40.4 Å². The predicted molar refractivity (Wildman–Crippen MR) is 61.3 cm³/mol. The van der Waals surface area contributed by atoms with Gasteiger partial charge in [0.15, 0.2) is 5.78 Å². The molecule has 0 amide bonds. The van der Waals surface area contributed by atoms with Crippen molar-refractivity contribution in [1.29, 1.82) is 0 Å². The molecule has 0 aromatic heterocycles. The monoisotopic (exact) mass is 227 g/mol. The lowest BCUT2D eigenvalue weighted by atomic mass is 9.89. The van der Waals surface area contributed by atoms with E-state index >= 15 is 0 Å². The van der Waals surface area contributed by atoms with Crippen molar-refractivity contribution >= 4 is 11.8 Å². The molecule has 1 rings (SSSR count). The number of rotatable bonds is 4. The molecule has 1 aliphatic heterocycles. The van der Waals surface area contributed by atoms with Gasteiger partial charge < -0.3 is 5.11 Å². The Kier molecular flexibility index (Phi) is 4.08. The number of piperidine rings is 1. The van der Waals surface area contributed by atoms with E-state index in [9.17, 15) is 9.59 Å². The van der Waals surface area contributed by atoms with Crippen LogP contribution in [0.3, 0.4) is 0 Å². The first kappa shape index (κ1) is 13.2. The maximum Gasteiger partial charge on any atom is 0.314 e. The van der Waals surface area contributed by atoms with Gasteiger partial charge in [-0.05, 0) is 26.7 Å². The van der Waals surface area contributed by atoms with E-state index in [1.165, 1.54) is 0 Å². The van der Waals surface area contributed by atoms with Crippen LogP contribution in [0.1, 0.15) is 40.0 Å². The van der Waals surface area contributed by atoms with Gasteiger partial charge in [-0.15, -0.1) is 0 Å². The normalized spacial score (nSPS) is 23.4. The maximum absolute atomic E-state index is 11.7. The summed E-state index contributed by atoms with van der Waals surface area (Å²) in [6.07, 6.45) is 2.54. The van der Waals surface area contributed by atoms with E-state index in [-0.39, 0.29) is 17.9 Å². The van der Waals surface area contributed by atoms with Crippen LogP contribution in [0.4, 0.5) is 0 Å². The van der Waals surface area contributed by atoms with Crippen molar-refractivity contribution < 1.29 is 14.7 Å². The molecule has 1 aliphatic rings. The number of hydrogen-bond donors (Lipinski definition) is 1. The molecule has 1 heterocycles. The Labute approximate surface area is 96.6 Å². The van der Waals surface area contributed by atoms with Gasteiger partial charge in [-0.2, -0.15) is 0 Å². The molecule has 1 N–H and O–H groups in total. The summed E-state index contributed by atoms with van der Waals surface area (Å²) >= 11 is 0. The number of carboxylic acid groups (broad SMARTS) is 1. The molecule has 1 saturated heterocycles. The number of carboxylic acids is 1. The minimum absolute atomic E-state index is 0.00607. The van der Waals surface area contributed by atoms with Gasteiger partial charge in [0, 0.05) is 12.1 Å². The molecule has 92 valence electrons. The van der Waals surface area contributed by atoms with E-state index in [2.05, 4.69) is 25.7 Å². The molecule has 0 bridgehead atoms. The molecule has 4 heteroatoms. The average Bonchev–Trinajstić information content (AvgIpc) is 2.16. The number of Topliss-reactive ketones (excluding diaryl/α,β-unsaturated/α-hetero) is 1. The van der Waals surface area contributed by atoms with E-state index in [1.54, 1.807) is 0 Å². The zero-order chi connectivity index (χ0) is 12.3. The largest absolute Gasteiger partial charge is 0.481 e. The number of nitrogens with zero attached hydrogens (tertiary/aromatic N) is 1. The van der Waals surface area contributed by atoms with Gasteiger partial charge >= 0.3 is 5.97 Å². The van der Waals surface area contributed by atoms with Gasteiger partial charge in [-0.3, -0.25) is 14.5 Å². The standard InChI is InChI=1S/C12H21NO3/c1-4-6-12(2,3)13-7-5-9(11(15)16)10(14)8-13/h9H,4-8H2,1-3H3,(H,15,16). The molecule has 1 fully saturated rings. The van der Waals surface area contributed by atoms with E-state index < -0.39 is 11.9 Å². The topological polar surface area (TPSA) is 57.6 Å². The van der Waals surface area contributed by atoms with Gasteiger partial charge in [-0.1, -0.05) is 13.3 Å². The van der Waals surface area contributed by atoms with Crippen molar-refractivity contribution in [2.24, 2.45) is 5.92 Å². The molecular formula is C12H21NO3. The second-order valence-corrected chi connectivity index (χ2v) is 5.13. The summed E-state index contributed by atoms with van der Waals surface area (Å²) in [6.45, 7) is 7.34. The van der Waals surface area contributed by atoms with Crippen LogP contribution >= 0.6 is 0 Å². The van der Waals surface area contributed by atoms with Crippen molar-refractivity contribution in [1.82, 2.24) is 4.90 Å². The zero-order valence-electron chi connectivity index (χ0n) is 10.3. The number of aliphatic carboxylic acids is 1. The lowest BCUT2D eigenvalue weighted by Gasteiger charge is -2.41. The summed E-state index contributed by atoms with van der Waals surface area (Å²) in [5, 5.41) is 8.86. The highest BCUT2D eigenvalue weighted by Gasteiger charge is 2.37. The molecular weight excluding hydrogens is 206 g/mol. The quantitative estimate of drug-likeness (QED) is 0.740. The molecule has 0 aliphatic carbocycles. The molecule has 16 heavy (non-hydrogen) atoms. The predicted octanol–water partition coefficient (Wildman–Crippen LogP) is 1.54. The zero-order valence-corrected chi connectivity index (χ0v) is 10.3. The Morgan fingerprint density at radius 1 is 1.56 bits per heavy atom. The highest BCUT2D eigenvalue weighted by atomic mass is 16.4. The number of ketones is 1. The smallest absolute Gasteiger partial charge is 0.314 e.